The lowest BCUT2D eigenvalue weighted by Crippen LogP contribution is -2.40. The minimum Gasteiger partial charge on any atom is -0.497 e. The average Bonchev–Trinajstić information content (AvgIpc) is 2.94. The number of nitrogens with one attached hydrogen (secondary N) is 1. The maximum Gasteiger partial charge on any atom is 0.308 e. The number of methoxy groups -OCH3 is 2. The molecule has 0 heterocycles. The molecule has 114 valence electrons. The molecule has 0 spiro atoms. The molecule has 0 radical (unpaired) electrons. The van der Waals surface area contributed by atoms with Crippen molar-refractivity contribution in [1.82, 2.24) is 5.32 Å². The molecule has 0 aliphatic heterocycles. The number of carboxylic acids is 1. The Morgan fingerprint density at radius 3 is 2.62 bits per heavy atom. The van der Waals surface area contributed by atoms with Gasteiger partial charge in [-0.1, -0.05) is 6.42 Å². The quantitative estimate of drug-likeness (QED) is 0.863. The molecule has 1 aromatic rings. The van der Waals surface area contributed by atoms with Gasteiger partial charge in [-0.05, 0) is 31.0 Å². The monoisotopic (exact) mass is 293 g/mol. The zero-order valence-electron chi connectivity index (χ0n) is 12.1. The number of hydrogen-bond donors (Lipinski definition) is 2. The number of carboxylic acid groups (broad SMARTS) is 1. The SMILES string of the molecule is COc1ccc(OC)c(C(=O)N[C@@H]2CCC[C@@H]2C(=O)O)c1. The first-order valence-electron chi connectivity index (χ1n) is 6.82. The highest BCUT2D eigenvalue weighted by Gasteiger charge is 2.34. The van der Waals surface area contributed by atoms with Crippen LogP contribution in [0.1, 0.15) is 29.6 Å². The van der Waals surface area contributed by atoms with Crippen LogP contribution in [0.15, 0.2) is 18.2 Å². The molecule has 21 heavy (non-hydrogen) atoms. The molecule has 1 amide bonds. The largest absolute Gasteiger partial charge is 0.497 e. The molecule has 0 bridgehead atoms. The van der Waals surface area contributed by atoms with Crippen molar-refractivity contribution in [3.8, 4) is 11.5 Å². The van der Waals surface area contributed by atoms with E-state index in [2.05, 4.69) is 5.32 Å². The molecular formula is C15H19NO5. The maximum atomic E-state index is 12.4. The highest BCUT2D eigenvalue weighted by molar-refractivity contribution is 5.97. The number of aliphatic carboxylic acids is 1. The second-order valence-electron chi connectivity index (χ2n) is 5.02. The van der Waals surface area contributed by atoms with E-state index < -0.39 is 11.9 Å². The van der Waals surface area contributed by atoms with Crippen LogP contribution in [0.5, 0.6) is 11.5 Å². The highest BCUT2D eigenvalue weighted by atomic mass is 16.5. The van der Waals surface area contributed by atoms with Crippen molar-refractivity contribution in [3.63, 3.8) is 0 Å². The molecule has 1 aliphatic rings. The molecule has 0 aromatic heterocycles. The summed E-state index contributed by atoms with van der Waals surface area (Å²) >= 11 is 0. The number of benzene rings is 1. The zero-order valence-corrected chi connectivity index (χ0v) is 12.1. The van der Waals surface area contributed by atoms with Crippen LogP contribution < -0.4 is 14.8 Å². The maximum absolute atomic E-state index is 12.4. The van der Waals surface area contributed by atoms with E-state index in [4.69, 9.17) is 14.6 Å². The molecule has 2 rings (SSSR count). The summed E-state index contributed by atoms with van der Waals surface area (Å²) in [4.78, 5) is 23.5. The van der Waals surface area contributed by atoms with Gasteiger partial charge in [0.05, 0.1) is 25.7 Å². The Morgan fingerprint density at radius 1 is 1.24 bits per heavy atom. The molecule has 1 aromatic carbocycles. The van der Waals surface area contributed by atoms with Crippen LogP contribution in [-0.2, 0) is 4.79 Å². The van der Waals surface area contributed by atoms with Gasteiger partial charge in [-0.3, -0.25) is 9.59 Å². The summed E-state index contributed by atoms with van der Waals surface area (Å²) in [5.41, 5.74) is 0.341. The third kappa shape index (κ3) is 3.26. The van der Waals surface area contributed by atoms with Crippen molar-refractivity contribution in [1.29, 1.82) is 0 Å². The van der Waals surface area contributed by atoms with Gasteiger partial charge in [0.15, 0.2) is 0 Å². The molecule has 1 aliphatic carbocycles. The number of rotatable bonds is 5. The van der Waals surface area contributed by atoms with Crippen LogP contribution in [0, 0.1) is 5.92 Å². The Kier molecular flexibility index (Phi) is 4.67. The molecule has 6 nitrogen and oxygen atoms in total. The summed E-state index contributed by atoms with van der Waals surface area (Å²) in [5.74, 6) is -0.759. The molecule has 2 N–H and O–H groups in total. The van der Waals surface area contributed by atoms with Crippen LogP contribution in [0.2, 0.25) is 0 Å². The predicted octanol–water partition coefficient (Wildman–Crippen LogP) is 1.69. The third-order valence-corrected chi connectivity index (χ3v) is 3.80. The Bertz CT molecular complexity index is 543. The van der Waals surface area contributed by atoms with Crippen molar-refractivity contribution in [2.24, 2.45) is 5.92 Å². The number of amides is 1. The Hall–Kier alpha value is -2.24. The fraction of sp³-hybridized carbons (Fsp3) is 0.467. The van der Waals surface area contributed by atoms with E-state index in [-0.39, 0.29) is 11.9 Å². The van der Waals surface area contributed by atoms with Crippen LogP contribution >= 0.6 is 0 Å². The topological polar surface area (TPSA) is 84.9 Å². The van der Waals surface area contributed by atoms with Gasteiger partial charge in [-0.15, -0.1) is 0 Å². The van der Waals surface area contributed by atoms with Crippen LogP contribution in [0.25, 0.3) is 0 Å². The summed E-state index contributed by atoms with van der Waals surface area (Å²) < 4.78 is 10.3. The molecular weight excluding hydrogens is 274 g/mol. The molecule has 0 saturated heterocycles. The van der Waals surface area contributed by atoms with Crippen molar-refractivity contribution >= 4 is 11.9 Å². The van der Waals surface area contributed by atoms with E-state index in [0.717, 1.165) is 6.42 Å². The van der Waals surface area contributed by atoms with Gasteiger partial charge in [0, 0.05) is 6.04 Å². The summed E-state index contributed by atoms with van der Waals surface area (Å²) in [6.45, 7) is 0. The van der Waals surface area contributed by atoms with Crippen LogP contribution in [-0.4, -0.2) is 37.2 Å². The fourth-order valence-electron chi connectivity index (χ4n) is 2.67. The van der Waals surface area contributed by atoms with E-state index in [9.17, 15) is 9.59 Å². The van der Waals surface area contributed by atoms with E-state index in [1.165, 1.54) is 14.2 Å². The Balaban J connectivity index is 2.18. The summed E-state index contributed by atoms with van der Waals surface area (Å²) in [7, 11) is 3.00. The van der Waals surface area contributed by atoms with Crippen molar-refractivity contribution in [3.05, 3.63) is 23.8 Å². The molecule has 1 saturated carbocycles. The van der Waals surface area contributed by atoms with Gasteiger partial charge in [0.25, 0.3) is 5.91 Å². The van der Waals surface area contributed by atoms with Gasteiger partial charge in [0.2, 0.25) is 0 Å². The summed E-state index contributed by atoms with van der Waals surface area (Å²) in [5, 5.41) is 12.0. The van der Waals surface area contributed by atoms with E-state index in [0.29, 0.717) is 29.9 Å². The number of carbonyl (C=O) groups is 2. The first-order chi connectivity index (χ1) is 10.1. The van der Waals surface area contributed by atoms with Gasteiger partial charge < -0.3 is 19.9 Å². The fourth-order valence-corrected chi connectivity index (χ4v) is 2.67. The Morgan fingerprint density at radius 2 is 2.00 bits per heavy atom. The van der Waals surface area contributed by atoms with Crippen LogP contribution in [0.4, 0.5) is 0 Å². The lowest BCUT2D eigenvalue weighted by Gasteiger charge is -2.18. The summed E-state index contributed by atoms with van der Waals surface area (Å²) in [6.07, 6.45) is 2.07. The minimum atomic E-state index is -0.865. The smallest absolute Gasteiger partial charge is 0.308 e. The lowest BCUT2D eigenvalue weighted by molar-refractivity contribution is -0.142. The van der Waals surface area contributed by atoms with Gasteiger partial charge in [-0.25, -0.2) is 0 Å². The van der Waals surface area contributed by atoms with Crippen LogP contribution in [0.3, 0.4) is 0 Å². The van der Waals surface area contributed by atoms with Crippen molar-refractivity contribution in [2.75, 3.05) is 14.2 Å². The standard InChI is InChI=1S/C15H19NO5/c1-20-9-6-7-13(21-2)11(8-9)14(17)16-12-5-3-4-10(12)15(18)19/h6-8,10,12H,3-5H2,1-2H3,(H,16,17)(H,18,19)/t10-,12+/m0/s1. The van der Waals surface area contributed by atoms with Gasteiger partial charge in [-0.2, -0.15) is 0 Å². The summed E-state index contributed by atoms with van der Waals surface area (Å²) in [6, 6.07) is 4.59. The third-order valence-electron chi connectivity index (χ3n) is 3.80. The highest BCUT2D eigenvalue weighted by Crippen LogP contribution is 2.28. The Labute approximate surface area is 123 Å². The second-order valence-corrected chi connectivity index (χ2v) is 5.02. The zero-order chi connectivity index (χ0) is 15.4. The molecule has 1 fully saturated rings. The first kappa shape index (κ1) is 15.2. The van der Waals surface area contributed by atoms with Crippen molar-refractivity contribution < 1.29 is 24.2 Å². The van der Waals surface area contributed by atoms with Crippen molar-refractivity contribution in [2.45, 2.75) is 25.3 Å². The van der Waals surface area contributed by atoms with E-state index >= 15 is 0 Å². The normalized spacial score (nSPS) is 20.9. The number of carbonyl (C=O) groups excluding carboxylic acids is 1. The predicted molar refractivity (Wildman–Crippen MR) is 75.8 cm³/mol. The lowest BCUT2D eigenvalue weighted by atomic mass is 10.0. The average molecular weight is 293 g/mol. The number of ether oxygens (including phenoxy) is 2. The molecule has 0 unspecified atom stereocenters. The molecule has 2 atom stereocenters. The van der Waals surface area contributed by atoms with Gasteiger partial charge in [0.1, 0.15) is 11.5 Å². The van der Waals surface area contributed by atoms with Gasteiger partial charge >= 0.3 is 5.97 Å². The first-order valence-corrected chi connectivity index (χ1v) is 6.82. The number of hydrogen-bond acceptors (Lipinski definition) is 4. The molecule has 6 heteroatoms. The second kappa shape index (κ2) is 6.47. The van der Waals surface area contributed by atoms with E-state index in [1.54, 1.807) is 18.2 Å². The minimum absolute atomic E-state index is 0.341. The van der Waals surface area contributed by atoms with E-state index in [1.807, 2.05) is 0 Å².